The van der Waals surface area contributed by atoms with E-state index in [-0.39, 0.29) is 5.56 Å². The summed E-state index contributed by atoms with van der Waals surface area (Å²) in [5.74, 6) is -0.159. The summed E-state index contributed by atoms with van der Waals surface area (Å²) in [6.45, 7) is 1.71. The lowest BCUT2D eigenvalue weighted by molar-refractivity contribution is 0.214. The van der Waals surface area contributed by atoms with Crippen molar-refractivity contribution < 1.29 is 14.2 Å². The first-order valence-electron chi connectivity index (χ1n) is 5.66. The molecule has 2 rings (SSSR count). The standard InChI is InChI=1S/C13H14ClFN2O2/c1-7-11(13(14)17(2)16-7)12(18)9-5-4-8(19-3)6-10(9)15/h4-6,12,18H,1-3H3. The fraction of sp³-hybridized carbons (Fsp3) is 0.308. The van der Waals surface area contributed by atoms with Crippen LogP contribution in [0.15, 0.2) is 18.2 Å². The number of aryl methyl sites for hydroxylation is 2. The van der Waals surface area contributed by atoms with E-state index in [9.17, 15) is 9.50 Å². The van der Waals surface area contributed by atoms with Gasteiger partial charge in [-0.25, -0.2) is 4.39 Å². The quantitative estimate of drug-likeness (QED) is 0.942. The zero-order chi connectivity index (χ0) is 14.2. The molecule has 0 radical (unpaired) electrons. The average Bonchev–Trinajstić information content (AvgIpc) is 2.62. The Hall–Kier alpha value is -1.59. The molecule has 4 nitrogen and oxygen atoms in total. The summed E-state index contributed by atoms with van der Waals surface area (Å²) in [5.41, 5.74) is 1.11. The third-order valence-electron chi connectivity index (χ3n) is 2.97. The van der Waals surface area contributed by atoms with Crippen molar-refractivity contribution in [3.8, 4) is 5.75 Å². The second-order valence-electron chi connectivity index (χ2n) is 4.20. The van der Waals surface area contributed by atoms with Crippen LogP contribution in [0.1, 0.15) is 22.9 Å². The molecule has 0 aliphatic carbocycles. The van der Waals surface area contributed by atoms with Crippen LogP contribution < -0.4 is 4.74 Å². The van der Waals surface area contributed by atoms with Crippen LogP contribution in [0.3, 0.4) is 0 Å². The highest BCUT2D eigenvalue weighted by Gasteiger charge is 2.23. The van der Waals surface area contributed by atoms with Gasteiger partial charge in [-0.05, 0) is 19.1 Å². The fourth-order valence-electron chi connectivity index (χ4n) is 1.97. The average molecular weight is 285 g/mol. The maximum Gasteiger partial charge on any atom is 0.133 e. The minimum Gasteiger partial charge on any atom is -0.497 e. The zero-order valence-corrected chi connectivity index (χ0v) is 11.6. The molecule has 102 valence electrons. The molecular weight excluding hydrogens is 271 g/mol. The van der Waals surface area contributed by atoms with Gasteiger partial charge in [0.2, 0.25) is 0 Å². The van der Waals surface area contributed by atoms with Crippen molar-refractivity contribution in [2.45, 2.75) is 13.0 Å². The Morgan fingerprint density at radius 1 is 1.47 bits per heavy atom. The second-order valence-corrected chi connectivity index (χ2v) is 4.56. The summed E-state index contributed by atoms with van der Waals surface area (Å²) in [4.78, 5) is 0. The smallest absolute Gasteiger partial charge is 0.133 e. The van der Waals surface area contributed by atoms with Crippen molar-refractivity contribution in [2.75, 3.05) is 7.11 Å². The topological polar surface area (TPSA) is 47.3 Å². The van der Waals surface area contributed by atoms with E-state index in [2.05, 4.69) is 5.10 Å². The molecule has 0 bridgehead atoms. The summed E-state index contributed by atoms with van der Waals surface area (Å²) in [7, 11) is 3.11. The molecule has 6 heteroatoms. The fourth-order valence-corrected chi connectivity index (χ4v) is 2.25. The Morgan fingerprint density at radius 3 is 2.63 bits per heavy atom. The number of aromatic nitrogens is 2. The van der Waals surface area contributed by atoms with E-state index in [1.54, 1.807) is 20.0 Å². The molecule has 0 amide bonds. The van der Waals surface area contributed by atoms with Gasteiger partial charge in [0, 0.05) is 24.2 Å². The summed E-state index contributed by atoms with van der Waals surface area (Å²) < 4.78 is 20.3. The van der Waals surface area contributed by atoms with Crippen LogP contribution in [0.4, 0.5) is 4.39 Å². The Bertz CT molecular complexity index is 613. The first-order chi connectivity index (χ1) is 8.95. The predicted octanol–water partition coefficient (Wildman–Crippen LogP) is 2.61. The number of benzene rings is 1. The van der Waals surface area contributed by atoms with Crippen molar-refractivity contribution in [2.24, 2.45) is 7.05 Å². The molecule has 2 aromatic rings. The van der Waals surface area contributed by atoms with Crippen molar-refractivity contribution in [1.29, 1.82) is 0 Å². The Kier molecular flexibility index (Phi) is 3.78. The molecule has 0 saturated heterocycles. The zero-order valence-electron chi connectivity index (χ0n) is 10.8. The van der Waals surface area contributed by atoms with E-state index >= 15 is 0 Å². The molecule has 0 aliphatic rings. The molecule has 19 heavy (non-hydrogen) atoms. The number of halogens is 2. The maximum atomic E-state index is 13.9. The van der Waals surface area contributed by atoms with Crippen LogP contribution in [0, 0.1) is 12.7 Å². The van der Waals surface area contributed by atoms with Crippen molar-refractivity contribution in [3.05, 3.63) is 46.0 Å². The second kappa shape index (κ2) is 5.19. The van der Waals surface area contributed by atoms with E-state index in [4.69, 9.17) is 16.3 Å². The molecule has 0 spiro atoms. The maximum absolute atomic E-state index is 13.9. The van der Waals surface area contributed by atoms with Gasteiger partial charge in [-0.1, -0.05) is 11.6 Å². The lowest BCUT2D eigenvalue weighted by Crippen LogP contribution is -2.04. The minimum absolute atomic E-state index is 0.138. The molecule has 0 aliphatic heterocycles. The van der Waals surface area contributed by atoms with Crippen molar-refractivity contribution >= 4 is 11.6 Å². The van der Waals surface area contributed by atoms with Crippen molar-refractivity contribution in [1.82, 2.24) is 9.78 Å². The number of nitrogens with zero attached hydrogens (tertiary/aromatic N) is 2. The number of ether oxygens (including phenoxy) is 1. The van der Waals surface area contributed by atoms with E-state index in [1.165, 1.54) is 23.9 Å². The SMILES string of the molecule is COc1ccc(C(O)c2c(C)nn(C)c2Cl)c(F)c1. The van der Waals surface area contributed by atoms with Gasteiger partial charge in [-0.2, -0.15) is 5.10 Å². The Labute approximate surface area is 115 Å². The van der Waals surface area contributed by atoms with Crippen LogP contribution in [-0.2, 0) is 7.05 Å². The molecule has 1 N–H and O–H groups in total. The molecule has 0 fully saturated rings. The summed E-state index contributed by atoms with van der Waals surface area (Å²) >= 11 is 6.06. The molecule has 1 heterocycles. The highest BCUT2D eigenvalue weighted by Crippen LogP contribution is 2.32. The summed E-state index contributed by atoms with van der Waals surface area (Å²) in [6, 6.07) is 4.28. The van der Waals surface area contributed by atoms with Crippen molar-refractivity contribution in [3.63, 3.8) is 0 Å². The molecule has 0 saturated carbocycles. The van der Waals surface area contributed by atoms with E-state index < -0.39 is 11.9 Å². The van der Waals surface area contributed by atoms with Gasteiger partial charge < -0.3 is 9.84 Å². The van der Waals surface area contributed by atoms with Crippen LogP contribution in [0.2, 0.25) is 5.15 Å². The number of aliphatic hydroxyl groups excluding tert-OH is 1. The largest absolute Gasteiger partial charge is 0.497 e. The Morgan fingerprint density at radius 2 is 2.16 bits per heavy atom. The third-order valence-corrected chi connectivity index (χ3v) is 3.42. The van der Waals surface area contributed by atoms with Crippen LogP contribution in [0.25, 0.3) is 0 Å². The first-order valence-corrected chi connectivity index (χ1v) is 6.04. The molecule has 1 unspecified atom stereocenters. The lowest BCUT2D eigenvalue weighted by Gasteiger charge is -2.13. The van der Waals surface area contributed by atoms with Crippen LogP contribution >= 0.6 is 11.6 Å². The van der Waals surface area contributed by atoms with Gasteiger partial charge in [0.05, 0.1) is 12.8 Å². The number of aliphatic hydroxyl groups is 1. The minimum atomic E-state index is -1.16. The molecule has 1 aromatic heterocycles. The number of hydrogen-bond donors (Lipinski definition) is 1. The van der Waals surface area contributed by atoms with Gasteiger partial charge in [0.25, 0.3) is 0 Å². The van der Waals surface area contributed by atoms with Gasteiger partial charge in [-0.3, -0.25) is 4.68 Å². The normalized spacial score (nSPS) is 12.5. The van der Waals surface area contributed by atoms with Gasteiger partial charge >= 0.3 is 0 Å². The highest BCUT2D eigenvalue weighted by molar-refractivity contribution is 6.30. The summed E-state index contributed by atoms with van der Waals surface area (Å²) in [5, 5.41) is 14.7. The van der Waals surface area contributed by atoms with Crippen LogP contribution in [0.5, 0.6) is 5.75 Å². The van der Waals surface area contributed by atoms with Gasteiger partial charge in [0.15, 0.2) is 0 Å². The van der Waals surface area contributed by atoms with Crippen LogP contribution in [-0.4, -0.2) is 22.0 Å². The van der Waals surface area contributed by atoms with Gasteiger partial charge in [-0.15, -0.1) is 0 Å². The summed E-state index contributed by atoms with van der Waals surface area (Å²) in [6.07, 6.45) is -1.16. The van der Waals surface area contributed by atoms with E-state index in [1.807, 2.05) is 0 Å². The number of hydrogen-bond acceptors (Lipinski definition) is 3. The molecule has 1 aromatic carbocycles. The first kappa shape index (κ1) is 13.8. The van der Waals surface area contributed by atoms with Gasteiger partial charge in [0.1, 0.15) is 22.8 Å². The lowest BCUT2D eigenvalue weighted by atomic mass is 10.0. The van der Waals surface area contributed by atoms with E-state index in [0.717, 1.165) is 0 Å². The number of methoxy groups -OCH3 is 1. The highest BCUT2D eigenvalue weighted by atomic mass is 35.5. The predicted molar refractivity (Wildman–Crippen MR) is 70.0 cm³/mol. The number of rotatable bonds is 3. The molecular formula is C13H14ClFN2O2. The molecule has 1 atom stereocenters. The Balaban J connectivity index is 2.47. The van der Waals surface area contributed by atoms with E-state index in [0.29, 0.717) is 22.2 Å². The third kappa shape index (κ3) is 2.43. The monoisotopic (exact) mass is 284 g/mol.